The molecule has 0 radical (unpaired) electrons. The van der Waals surface area contributed by atoms with Crippen molar-refractivity contribution < 1.29 is 27.8 Å². The van der Waals surface area contributed by atoms with Crippen LogP contribution in [-0.2, 0) is 9.53 Å². The summed E-state index contributed by atoms with van der Waals surface area (Å²) in [4.78, 5) is 11.0. The molecular weight excluding hydrogens is 263 g/mol. The lowest BCUT2D eigenvalue weighted by Crippen LogP contribution is -2.24. The van der Waals surface area contributed by atoms with Crippen molar-refractivity contribution in [3.05, 3.63) is 29.6 Å². The Balaban J connectivity index is 2.55. The van der Waals surface area contributed by atoms with E-state index in [9.17, 15) is 23.1 Å². The van der Waals surface area contributed by atoms with E-state index in [1.807, 2.05) is 0 Å². The molecule has 0 bridgehead atoms. The summed E-state index contributed by atoms with van der Waals surface area (Å²) < 4.78 is 43.6. The second kappa shape index (κ2) is 6.98. The van der Waals surface area contributed by atoms with Gasteiger partial charge in [0.2, 0.25) is 0 Å². The minimum Gasteiger partial charge on any atom is -0.466 e. The molecule has 1 aromatic rings. The summed E-state index contributed by atoms with van der Waals surface area (Å²) in [5, 5.41) is 11.8. The van der Waals surface area contributed by atoms with E-state index in [0.717, 1.165) is 6.07 Å². The largest absolute Gasteiger partial charge is 0.466 e. The van der Waals surface area contributed by atoms with Gasteiger partial charge in [-0.1, -0.05) is 0 Å². The molecule has 106 valence electrons. The zero-order valence-corrected chi connectivity index (χ0v) is 10.3. The molecule has 7 heteroatoms. The van der Waals surface area contributed by atoms with E-state index in [0.29, 0.717) is 6.07 Å². The minimum atomic E-state index is -1.33. The first-order valence-corrected chi connectivity index (χ1v) is 5.66. The van der Waals surface area contributed by atoms with Gasteiger partial charge < -0.3 is 15.2 Å². The molecule has 0 aliphatic carbocycles. The molecule has 0 aliphatic heterocycles. The van der Waals surface area contributed by atoms with Crippen molar-refractivity contribution in [2.75, 3.05) is 18.5 Å². The number of rotatable bonds is 6. The molecular formula is C12H14F3NO3. The predicted molar refractivity (Wildman–Crippen MR) is 62.1 cm³/mol. The molecule has 1 atom stereocenters. The smallest absolute Gasteiger partial charge is 0.308 e. The van der Waals surface area contributed by atoms with Gasteiger partial charge >= 0.3 is 5.97 Å². The first kappa shape index (κ1) is 15.3. The van der Waals surface area contributed by atoms with Crippen molar-refractivity contribution in [2.24, 2.45) is 0 Å². The van der Waals surface area contributed by atoms with Crippen LogP contribution in [0.15, 0.2) is 12.1 Å². The number of aliphatic hydroxyl groups excluding tert-OH is 1. The monoisotopic (exact) mass is 277 g/mol. The van der Waals surface area contributed by atoms with E-state index in [1.165, 1.54) is 0 Å². The number of hydrogen-bond donors (Lipinski definition) is 2. The number of benzene rings is 1. The maximum atomic E-state index is 13.2. The summed E-state index contributed by atoms with van der Waals surface area (Å²) in [6.45, 7) is 1.56. The van der Waals surface area contributed by atoms with Gasteiger partial charge in [0.25, 0.3) is 0 Å². The molecule has 0 aliphatic rings. The Labute approximate surface area is 108 Å². The Morgan fingerprint density at radius 1 is 1.42 bits per heavy atom. The van der Waals surface area contributed by atoms with Gasteiger partial charge in [-0.15, -0.1) is 0 Å². The summed E-state index contributed by atoms with van der Waals surface area (Å²) in [6, 6.07) is 1.17. The minimum absolute atomic E-state index is 0.183. The van der Waals surface area contributed by atoms with Crippen molar-refractivity contribution in [1.29, 1.82) is 0 Å². The maximum absolute atomic E-state index is 13.2. The van der Waals surface area contributed by atoms with Crippen LogP contribution in [0.2, 0.25) is 0 Å². The van der Waals surface area contributed by atoms with E-state index < -0.39 is 35.2 Å². The molecule has 0 fully saturated rings. The van der Waals surface area contributed by atoms with Crippen LogP contribution in [0.4, 0.5) is 18.9 Å². The van der Waals surface area contributed by atoms with Gasteiger partial charge in [-0.05, 0) is 6.92 Å². The van der Waals surface area contributed by atoms with Crippen LogP contribution in [0.1, 0.15) is 13.3 Å². The second-order valence-corrected chi connectivity index (χ2v) is 3.79. The Kier molecular flexibility index (Phi) is 5.62. The lowest BCUT2D eigenvalue weighted by Gasteiger charge is -2.13. The van der Waals surface area contributed by atoms with Crippen molar-refractivity contribution >= 4 is 11.7 Å². The lowest BCUT2D eigenvalue weighted by molar-refractivity contribution is -0.145. The van der Waals surface area contributed by atoms with Crippen LogP contribution in [-0.4, -0.2) is 30.3 Å². The van der Waals surface area contributed by atoms with E-state index >= 15 is 0 Å². The fourth-order valence-electron chi connectivity index (χ4n) is 1.40. The average Bonchev–Trinajstić information content (AvgIpc) is 2.32. The van der Waals surface area contributed by atoms with Crippen molar-refractivity contribution in [3.63, 3.8) is 0 Å². The van der Waals surface area contributed by atoms with Crippen LogP contribution in [0, 0.1) is 17.5 Å². The standard InChI is InChI=1S/C12H14F3NO3/c1-2-19-11(18)5-8(17)6-16-10-4-7(13)3-9(14)12(10)15/h3-4,8,16-17H,2,5-6H2,1H3. The topological polar surface area (TPSA) is 58.6 Å². The van der Waals surface area contributed by atoms with Gasteiger partial charge in [-0.25, -0.2) is 13.2 Å². The summed E-state index contributed by atoms with van der Waals surface area (Å²) in [5.74, 6) is -4.13. The van der Waals surface area contributed by atoms with Crippen LogP contribution >= 0.6 is 0 Å². The van der Waals surface area contributed by atoms with Crippen molar-refractivity contribution in [2.45, 2.75) is 19.4 Å². The number of anilines is 1. The molecule has 2 N–H and O–H groups in total. The van der Waals surface area contributed by atoms with Gasteiger partial charge in [0.15, 0.2) is 11.6 Å². The zero-order chi connectivity index (χ0) is 14.4. The molecule has 0 amide bonds. The highest BCUT2D eigenvalue weighted by Gasteiger charge is 2.14. The number of aliphatic hydroxyl groups is 1. The normalized spacial score (nSPS) is 12.1. The first-order valence-electron chi connectivity index (χ1n) is 5.66. The van der Waals surface area contributed by atoms with E-state index in [2.05, 4.69) is 10.1 Å². The summed E-state index contributed by atoms with van der Waals surface area (Å²) in [6.07, 6.45) is -1.44. The Hall–Kier alpha value is -1.76. The zero-order valence-electron chi connectivity index (χ0n) is 10.3. The van der Waals surface area contributed by atoms with Crippen LogP contribution in [0.25, 0.3) is 0 Å². The number of hydrogen-bond acceptors (Lipinski definition) is 4. The SMILES string of the molecule is CCOC(=O)CC(O)CNc1cc(F)cc(F)c1F. The maximum Gasteiger partial charge on any atom is 0.308 e. The molecule has 0 saturated heterocycles. The first-order chi connectivity index (χ1) is 8.93. The second-order valence-electron chi connectivity index (χ2n) is 3.79. The van der Waals surface area contributed by atoms with E-state index in [1.54, 1.807) is 6.92 Å². The number of carbonyl (C=O) groups excluding carboxylic acids is 1. The number of halogens is 3. The highest BCUT2D eigenvalue weighted by molar-refractivity contribution is 5.70. The summed E-state index contributed by atoms with van der Waals surface area (Å²) >= 11 is 0. The molecule has 0 aromatic heterocycles. The van der Waals surface area contributed by atoms with Crippen molar-refractivity contribution in [1.82, 2.24) is 0 Å². The molecule has 1 aromatic carbocycles. The third-order valence-electron chi connectivity index (χ3n) is 2.23. The number of carbonyl (C=O) groups is 1. The van der Waals surface area contributed by atoms with Gasteiger partial charge in [0.1, 0.15) is 5.82 Å². The third-order valence-corrected chi connectivity index (χ3v) is 2.23. The third kappa shape index (κ3) is 4.78. The molecule has 4 nitrogen and oxygen atoms in total. The molecule has 19 heavy (non-hydrogen) atoms. The predicted octanol–water partition coefficient (Wildman–Crippen LogP) is 1.83. The quantitative estimate of drug-likeness (QED) is 0.615. The highest BCUT2D eigenvalue weighted by Crippen LogP contribution is 2.19. The summed E-state index contributed by atoms with van der Waals surface area (Å²) in [7, 11) is 0. The van der Waals surface area contributed by atoms with E-state index in [-0.39, 0.29) is 19.6 Å². The fourth-order valence-corrected chi connectivity index (χ4v) is 1.40. The van der Waals surface area contributed by atoms with Crippen LogP contribution in [0.5, 0.6) is 0 Å². The van der Waals surface area contributed by atoms with Gasteiger partial charge in [0, 0.05) is 18.7 Å². The Bertz CT molecular complexity index is 454. The van der Waals surface area contributed by atoms with E-state index in [4.69, 9.17) is 0 Å². The molecule has 1 unspecified atom stereocenters. The number of esters is 1. The fraction of sp³-hybridized carbons (Fsp3) is 0.417. The molecule has 0 heterocycles. The highest BCUT2D eigenvalue weighted by atomic mass is 19.2. The molecule has 0 spiro atoms. The lowest BCUT2D eigenvalue weighted by atomic mass is 10.2. The average molecular weight is 277 g/mol. The van der Waals surface area contributed by atoms with Gasteiger partial charge in [-0.2, -0.15) is 0 Å². The summed E-state index contributed by atoms with van der Waals surface area (Å²) in [5.41, 5.74) is -0.416. The number of ether oxygens (including phenoxy) is 1. The Morgan fingerprint density at radius 3 is 2.74 bits per heavy atom. The molecule has 1 rings (SSSR count). The van der Waals surface area contributed by atoms with Crippen molar-refractivity contribution in [3.8, 4) is 0 Å². The van der Waals surface area contributed by atoms with Gasteiger partial charge in [-0.3, -0.25) is 4.79 Å². The number of nitrogens with one attached hydrogen (secondary N) is 1. The molecule has 0 saturated carbocycles. The Morgan fingerprint density at radius 2 is 2.11 bits per heavy atom. The van der Waals surface area contributed by atoms with Crippen LogP contribution < -0.4 is 5.32 Å². The van der Waals surface area contributed by atoms with Crippen LogP contribution in [0.3, 0.4) is 0 Å². The van der Waals surface area contributed by atoms with Gasteiger partial charge in [0.05, 0.1) is 24.8 Å².